The molecule has 32 heavy (non-hydrogen) atoms. The number of anilines is 1. The Balaban J connectivity index is 1.48. The van der Waals surface area contributed by atoms with Crippen molar-refractivity contribution >= 4 is 17.5 Å². The number of benzene rings is 4. The fourth-order valence-electron chi connectivity index (χ4n) is 3.53. The Morgan fingerprint density at radius 2 is 1.19 bits per heavy atom. The normalized spacial score (nSPS) is 11.4. The van der Waals surface area contributed by atoms with E-state index in [9.17, 15) is 9.59 Å². The lowest BCUT2D eigenvalue weighted by atomic mass is 10.0. The van der Waals surface area contributed by atoms with E-state index in [1.807, 2.05) is 79.7 Å². The predicted octanol–water partition coefficient (Wildman–Crippen LogP) is 6.10. The Morgan fingerprint density at radius 3 is 1.88 bits per heavy atom. The van der Waals surface area contributed by atoms with E-state index in [0.29, 0.717) is 16.8 Å². The van der Waals surface area contributed by atoms with Crippen LogP contribution in [0.25, 0.3) is 11.1 Å². The van der Waals surface area contributed by atoms with Crippen LogP contribution in [0.2, 0.25) is 0 Å². The summed E-state index contributed by atoms with van der Waals surface area (Å²) >= 11 is 0. The third-order valence-electron chi connectivity index (χ3n) is 5.32. The molecule has 0 saturated carbocycles. The molecular weight excluding hydrogens is 396 g/mol. The molecule has 4 heteroatoms. The van der Waals surface area contributed by atoms with E-state index >= 15 is 0 Å². The van der Waals surface area contributed by atoms with Gasteiger partial charge in [-0.3, -0.25) is 9.59 Å². The molecule has 4 rings (SSSR count). The lowest BCUT2D eigenvalue weighted by Gasteiger charge is -2.16. The molecular formula is C28H24N2O2. The second-order valence-corrected chi connectivity index (χ2v) is 7.55. The van der Waals surface area contributed by atoms with Gasteiger partial charge in [0.15, 0.2) is 0 Å². The van der Waals surface area contributed by atoms with E-state index in [1.165, 1.54) is 0 Å². The molecule has 2 amide bonds. The van der Waals surface area contributed by atoms with Crippen molar-refractivity contribution in [3.05, 3.63) is 126 Å². The molecule has 4 aromatic rings. The first kappa shape index (κ1) is 21.1. The van der Waals surface area contributed by atoms with Crippen LogP contribution in [0.3, 0.4) is 0 Å². The average Bonchev–Trinajstić information content (AvgIpc) is 2.85. The van der Waals surface area contributed by atoms with E-state index in [2.05, 4.69) is 10.6 Å². The number of hydrogen-bond acceptors (Lipinski definition) is 2. The summed E-state index contributed by atoms with van der Waals surface area (Å²) in [7, 11) is 0. The second kappa shape index (κ2) is 9.75. The quantitative estimate of drug-likeness (QED) is 0.396. The maximum absolute atomic E-state index is 12.9. The van der Waals surface area contributed by atoms with Crippen LogP contribution in [0.5, 0.6) is 0 Å². The molecule has 0 aliphatic rings. The Morgan fingerprint density at radius 1 is 0.625 bits per heavy atom. The summed E-state index contributed by atoms with van der Waals surface area (Å²) < 4.78 is 0. The molecule has 0 radical (unpaired) electrons. The van der Waals surface area contributed by atoms with Crippen molar-refractivity contribution in [2.24, 2.45) is 0 Å². The number of carbonyl (C=O) groups is 2. The third kappa shape index (κ3) is 4.93. The summed E-state index contributed by atoms with van der Waals surface area (Å²) in [5.41, 5.74) is 4.57. The van der Waals surface area contributed by atoms with E-state index < -0.39 is 0 Å². The van der Waals surface area contributed by atoms with Gasteiger partial charge < -0.3 is 10.6 Å². The van der Waals surface area contributed by atoms with Crippen molar-refractivity contribution < 1.29 is 9.59 Å². The molecule has 158 valence electrons. The van der Waals surface area contributed by atoms with Gasteiger partial charge in [-0.2, -0.15) is 0 Å². The number of rotatable bonds is 6. The molecule has 0 bridgehead atoms. The van der Waals surface area contributed by atoms with Crippen LogP contribution in [0.4, 0.5) is 5.69 Å². The van der Waals surface area contributed by atoms with Crippen molar-refractivity contribution in [2.45, 2.75) is 13.0 Å². The number of amides is 2. The zero-order chi connectivity index (χ0) is 22.3. The topological polar surface area (TPSA) is 58.2 Å². The number of para-hydroxylation sites is 1. The highest BCUT2D eigenvalue weighted by Gasteiger charge is 2.16. The molecule has 0 fully saturated rings. The average molecular weight is 421 g/mol. The third-order valence-corrected chi connectivity index (χ3v) is 5.32. The van der Waals surface area contributed by atoms with E-state index in [1.54, 1.807) is 36.4 Å². The van der Waals surface area contributed by atoms with Gasteiger partial charge in [0, 0.05) is 5.56 Å². The van der Waals surface area contributed by atoms with Crippen molar-refractivity contribution in [1.29, 1.82) is 0 Å². The van der Waals surface area contributed by atoms with Gasteiger partial charge >= 0.3 is 0 Å². The first-order valence-corrected chi connectivity index (χ1v) is 10.5. The summed E-state index contributed by atoms with van der Waals surface area (Å²) in [6.45, 7) is 1.93. The van der Waals surface area contributed by atoms with Crippen LogP contribution in [0.1, 0.15) is 39.2 Å². The minimum atomic E-state index is -0.263. The number of carbonyl (C=O) groups excluding carboxylic acids is 2. The minimum absolute atomic E-state index is 0.155. The van der Waals surface area contributed by atoms with Gasteiger partial charge in [-0.05, 0) is 47.9 Å². The molecule has 0 unspecified atom stereocenters. The summed E-state index contributed by atoms with van der Waals surface area (Å²) in [5.74, 6) is -0.502. The summed E-state index contributed by atoms with van der Waals surface area (Å²) in [6.07, 6.45) is 0. The van der Waals surface area contributed by atoms with Crippen molar-refractivity contribution in [3.63, 3.8) is 0 Å². The van der Waals surface area contributed by atoms with Crippen LogP contribution in [0, 0.1) is 0 Å². The smallest absolute Gasteiger partial charge is 0.255 e. The zero-order valence-corrected chi connectivity index (χ0v) is 17.8. The van der Waals surface area contributed by atoms with E-state index in [-0.39, 0.29) is 17.9 Å². The SMILES string of the molecule is C[C@H](NC(=O)c1ccccc1NC(=O)c1ccc(-c2ccccc2)cc1)c1ccccc1. The van der Waals surface area contributed by atoms with Gasteiger partial charge in [-0.25, -0.2) is 0 Å². The largest absolute Gasteiger partial charge is 0.345 e. The van der Waals surface area contributed by atoms with Gasteiger partial charge in [0.2, 0.25) is 0 Å². The van der Waals surface area contributed by atoms with E-state index in [4.69, 9.17) is 0 Å². The molecule has 0 aromatic heterocycles. The Kier molecular flexibility index (Phi) is 6.42. The predicted molar refractivity (Wildman–Crippen MR) is 129 cm³/mol. The van der Waals surface area contributed by atoms with Gasteiger partial charge in [0.1, 0.15) is 0 Å². The Hall–Kier alpha value is -4.18. The number of hydrogen-bond donors (Lipinski definition) is 2. The van der Waals surface area contributed by atoms with Crippen LogP contribution >= 0.6 is 0 Å². The van der Waals surface area contributed by atoms with E-state index in [0.717, 1.165) is 16.7 Å². The first-order valence-electron chi connectivity index (χ1n) is 10.5. The molecule has 1 atom stereocenters. The van der Waals surface area contributed by atoms with Gasteiger partial charge in [0.05, 0.1) is 17.3 Å². The van der Waals surface area contributed by atoms with Gasteiger partial charge in [-0.15, -0.1) is 0 Å². The second-order valence-electron chi connectivity index (χ2n) is 7.55. The van der Waals surface area contributed by atoms with Crippen molar-refractivity contribution in [1.82, 2.24) is 5.32 Å². The molecule has 4 aromatic carbocycles. The Labute approximate surface area is 187 Å². The fraction of sp³-hybridized carbons (Fsp3) is 0.0714. The molecule has 0 aliphatic heterocycles. The van der Waals surface area contributed by atoms with Gasteiger partial charge in [0.25, 0.3) is 11.8 Å². The van der Waals surface area contributed by atoms with Crippen LogP contribution < -0.4 is 10.6 Å². The lowest BCUT2D eigenvalue weighted by molar-refractivity contribution is 0.0941. The standard InChI is InChI=1S/C28H24N2O2/c1-20(21-10-4-2-5-11-21)29-28(32)25-14-8-9-15-26(25)30-27(31)24-18-16-23(17-19-24)22-12-6-3-7-13-22/h2-20H,1H3,(H,29,32)(H,30,31)/t20-/m0/s1. The maximum Gasteiger partial charge on any atom is 0.255 e. The first-order chi connectivity index (χ1) is 15.6. The maximum atomic E-state index is 12.9. The van der Waals surface area contributed by atoms with Crippen molar-refractivity contribution in [3.8, 4) is 11.1 Å². The Bertz CT molecular complexity index is 1200. The highest BCUT2D eigenvalue weighted by atomic mass is 16.2. The molecule has 0 heterocycles. The molecule has 0 saturated heterocycles. The van der Waals surface area contributed by atoms with Crippen LogP contribution in [-0.2, 0) is 0 Å². The molecule has 4 nitrogen and oxygen atoms in total. The fourth-order valence-corrected chi connectivity index (χ4v) is 3.53. The van der Waals surface area contributed by atoms with Crippen LogP contribution in [-0.4, -0.2) is 11.8 Å². The highest BCUT2D eigenvalue weighted by Crippen LogP contribution is 2.21. The van der Waals surface area contributed by atoms with Crippen LogP contribution in [0.15, 0.2) is 109 Å². The highest BCUT2D eigenvalue weighted by molar-refractivity contribution is 6.09. The molecule has 0 aliphatic carbocycles. The molecule has 0 spiro atoms. The van der Waals surface area contributed by atoms with Gasteiger partial charge in [-0.1, -0.05) is 84.9 Å². The summed E-state index contributed by atoms with van der Waals surface area (Å²) in [6, 6.07) is 34.0. The zero-order valence-electron chi connectivity index (χ0n) is 17.8. The lowest BCUT2D eigenvalue weighted by Crippen LogP contribution is -2.28. The number of nitrogens with one attached hydrogen (secondary N) is 2. The molecule has 2 N–H and O–H groups in total. The summed E-state index contributed by atoms with van der Waals surface area (Å²) in [5, 5.41) is 5.88. The monoisotopic (exact) mass is 420 g/mol. The van der Waals surface area contributed by atoms with Crippen molar-refractivity contribution in [2.75, 3.05) is 5.32 Å². The summed E-state index contributed by atoms with van der Waals surface area (Å²) in [4.78, 5) is 25.7. The minimum Gasteiger partial charge on any atom is -0.345 e.